The van der Waals surface area contributed by atoms with Crippen LogP contribution in [0.1, 0.15) is 48.0 Å². The average Bonchev–Trinajstić information content (AvgIpc) is 2.15. The van der Waals surface area contributed by atoms with E-state index in [0.29, 0.717) is 11.8 Å². The monoisotopic (exact) mass is 211 g/mol. The van der Waals surface area contributed by atoms with Crippen molar-refractivity contribution in [3.8, 4) is 0 Å². The van der Waals surface area contributed by atoms with Crippen molar-refractivity contribution in [2.75, 3.05) is 13.1 Å². The zero-order valence-corrected chi connectivity index (χ0v) is 11.4. The molecule has 15 heavy (non-hydrogen) atoms. The van der Waals surface area contributed by atoms with E-state index in [9.17, 15) is 0 Å². The third kappa shape index (κ3) is 7.61. The van der Waals surface area contributed by atoms with Gasteiger partial charge in [-0.15, -0.1) is 0 Å². The highest BCUT2D eigenvalue weighted by molar-refractivity contribution is 5.08. The first-order valence-electron chi connectivity index (χ1n) is 6.38. The molecule has 1 heteroatoms. The minimum Gasteiger partial charge on any atom is -0.313 e. The molecule has 1 N–H and O–H groups in total. The SMILES string of the molecule is CCC(C)/C=C(/CNCC(C)C)C(C)C. The molecule has 0 bridgehead atoms. The van der Waals surface area contributed by atoms with Crippen molar-refractivity contribution in [3.05, 3.63) is 11.6 Å². The Morgan fingerprint density at radius 1 is 1.13 bits per heavy atom. The Labute approximate surface area is 96.3 Å². The second-order valence-electron chi connectivity index (χ2n) is 5.31. The maximum Gasteiger partial charge on any atom is 0.0167 e. The van der Waals surface area contributed by atoms with E-state index in [-0.39, 0.29) is 0 Å². The molecule has 0 rings (SSSR count). The van der Waals surface area contributed by atoms with E-state index in [1.54, 1.807) is 5.57 Å². The number of hydrogen-bond donors (Lipinski definition) is 1. The molecule has 0 aromatic carbocycles. The van der Waals surface area contributed by atoms with Crippen molar-refractivity contribution in [1.82, 2.24) is 5.32 Å². The number of hydrogen-bond acceptors (Lipinski definition) is 1. The quantitative estimate of drug-likeness (QED) is 0.631. The predicted molar refractivity (Wildman–Crippen MR) is 70.1 cm³/mol. The summed E-state index contributed by atoms with van der Waals surface area (Å²) in [5, 5.41) is 3.53. The van der Waals surface area contributed by atoms with Gasteiger partial charge in [-0.05, 0) is 24.3 Å². The van der Waals surface area contributed by atoms with Gasteiger partial charge in [0.2, 0.25) is 0 Å². The molecule has 1 nitrogen and oxygen atoms in total. The third-order valence-electron chi connectivity index (χ3n) is 2.77. The second kappa shape index (κ2) is 7.92. The molecule has 1 unspecified atom stereocenters. The Morgan fingerprint density at radius 3 is 2.13 bits per heavy atom. The van der Waals surface area contributed by atoms with E-state index in [0.717, 1.165) is 19.0 Å². The maximum absolute atomic E-state index is 3.53. The van der Waals surface area contributed by atoms with Crippen LogP contribution in [0.2, 0.25) is 0 Å². The summed E-state index contributed by atoms with van der Waals surface area (Å²) >= 11 is 0. The van der Waals surface area contributed by atoms with Crippen LogP contribution < -0.4 is 5.32 Å². The molecule has 0 aromatic heterocycles. The Balaban J connectivity index is 4.10. The fourth-order valence-corrected chi connectivity index (χ4v) is 1.44. The lowest BCUT2D eigenvalue weighted by molar-refractivity contribution is 0.551. The van der Waals surface area contributed by atoms with Crippen LogP contribution in [0.4, 0.5) is 0 Å². The summed E-state index contributed by atoms with van der Waals surface area (Å²) < 4.78 is 0. The second-order valence-corrected chi connectivity index (χ2v) is 5.31. The van der Waals surface area contributed by atoms with E-state index in [4.69, 9.17) is 0 Å². The zero-order valence-electron chi connectivity index (χ0n) is 11.4. The van der Waals surface area contributed by atoms with Gasteiger partial charge in [-0.2, -0.15) is 0 Å². The van der Waals surface area contributed by atoms with Crippen LogP contribution in [-0.4, -0.2) is 13.1 Å². The number of nitrogens with one attached hydrogen (secondary N) is 1. The van der Waals surface area contributed by atoms with Gasteiger partial charge in [0.05, 0.1) is 0 Å². The van der Waals surface area contributed by atoms with Crippen LogP contribution >= 0.6 is 0 Å². The standard InChI is InChI=1S/C14H29N/c1-7-13(6)8-14(12(4)5)10-15-9-11(2)3/h8,11-13,15H,7,9-10H2,1-6H3/b14-8-. The molecule has 0 radical (unpaired) electrons. The lowest BCUT2D eigenvalue weighted by Crippen LogP contribution is -2.24. The van der Waals surface area contributed by atoms with E-state index >= 15 is 0 Å². The molecule has 0 spiro atoms. The van der Waals surface area contributed by atoms with Gasteiger partial charge in [-0.1, -0.05) is 59.6 Å². The Morgan fingerprint density at radius 2 is 1.73 bits per heavy atom. The van der Waals surface area contributed by atoms with Gasteiger partial charge >= 0.3 is 0 Å². The maximum atomic E-state index is 3.53. The summed E-state index contributed by atoms with van der Waals surface area (Å²) in [6.07, 6.45) is 3.68. The molecule has 0 amide bonds. The van der Waals surface area contributed by atoms with Crippen LogP contribution in [0.3, 0.4) is 0 Å². The minimum absolute atomic E-state index is 0.665. The first kappa shape index (κ1) is 14.7. The van der Waals surface area contributed by atoms with Crippen LogP contribution in [0.15, 0.2) is 11.6 Å². The van der Waals surface area contributed by atoms with Gasteiger partial charge in [0.1, 0.15) is 0 Å². The zero-order chi connectivity index (χ0) is 11.8. The summed E-state index contributed by atoms with van der Waals surface area (Å²) in [7, 11) is 0. The van der Waals surface area contributed by atoms with Gasteiger partial charge in [0.25, 0.3) is 0 Å². The first-order chi connectivity index (χ1) is 6.97. The molecule has 90 valence electrons. The average molecular weight is 211 g/mol. The van der Waals surface area contributed by atoms with Gasteiger partial charge in [0, 0.05) is 6.54 Å². The molecule has 0 saturated carbocycles. The number of allylic oxidation sites excluding steroid dienone is 1. The Kier molecular flexibility index (Phi) is 7.76. The third-order valence-corrected chi connectivity index (χ3v) is 2.77. The van der Waals surface area contributed by atoms with Crippen molar-refractivity contribution >= 4 is 0 Å². The molecule has 0 saturated heterocycles. The van der Waals surface area contributed by atoms with Crippen molar-refractivity contribution in [3.63, 3.8) is 0 Å². The summed E-state index contributed by atoms with van der Waals surface area (Å²) in [6, 6.07) is 0. The Hall–Kier alpha value is -0.300. The van der Waals surface area contributed by atoms with Crippen LogP contribution in [0, 0.1) is 17.8 Å². The van der Waals surface area contributed by atoms with E-state index in [1.165, 1.54) is 6.42 Å². The lowest BCUT2D eigenvalue weighted by atomic mass is 9.97. The minimum atomic E-state index is 0.665. The topological polar surface area (TPSA) is 12.0 Å². The van der Waals surface area contributed by atoms with Crippen molar-refractivity contribution in [2.24, 2.45) is 17.8 Å². The highest BCUT2D eigenvalue weighted by atomic mass is 14.9. The normalized spacial score (nSPS) is 15.1. The predicted octanol–water partition coefficient (Wildman–Crippen LogP) is 3.86. The van der Waals surface area contributed by atoms with E-state index in [2.05, 4.69) is 52.9 Å². The van der Waals surface area contributed by atoms with Crippen molar-refractivity contribution in [1.29, 1.82) is 0 Å². The summed E-state index contributed by atoms with van der Waals surface area (Å²) in [4.78, 5) is 0. The van der Waals surface area contributed by atoms with Gasteiger partial charge in [0.15, 0.2) is 0 Å². The molecule has 0 fully saturated rings. The van der Waals surface area contributed by atoms with Crippen molar-refractivity contribution < 1.29 is 0 Å². The molecular formula is C14H29N. The fourth-order valence-electron chi connectivity index (χ4n) is 1.44. The largest absolute Gasteiger partial charge is 0.313 e. The summed E-state index contributed by atoms with van der Waals surface area (Å²) in [5.41, 5.74) is 1.56. The van der Waals surface area contributed by atoms with Gasteiger partial charge < -0.3 is 5.32 Å². The van der Waals surface area contributed by atoms with Crippen LogP contribution in [0.25, 0.3) is 0 Å². The van der Waals surface area contributed by atoms with Gasteiger partial charge in [-0.25, -0.2) is 0 Å². The smallest absolute Gasteiger partial charge is 0.0167 e. The number of rotatable bonds is 7. The molecule has 0 aromatic rings. The Bertz CT molecular complexity index is 180. The first-order valence-corrected chi connectivity index (χ1v) is 6.38. The van der Waals surface area contributed by atoms with Crippen LogP contribution in [0.5, 0.6) is 0 Å². The molecular weight excluding hydrogens is 182 g/mol. The fraction of sp³-hybridized carbons (Fsp3) is 0.857. The van der Waals surface area contributed by atoms with E-state index in [1.807, 2.05) is 0 Å². The highest BCUT2D eigenvalue weighted by Crippen LogP contribution is 2.14. The van der Waals surface area contributed by atoms with Gasteiger partial charge in [-0.3, -0.25) is 0 Å². The highest BCUT2D eigenvalue weighted by Gasteiger charge is 2.05. The van der Waals surface area contributed by atoms with E-state index < -0.39 is 0 Å². The lowest BCUT2D eigenvalue weighted by Gasteiger charge is -2.16. The molecule has 0 aliphatic carbocycles. The summed E-state index contributed by atoms with van der Waals surface area (Å²) in [6.45, 7) is 15.8. The van der Waals surface area contributed by atoms with Crippen molar-refractivity contribution in [2.45, 2.75) is 48.0 Å². The molecule has 1 atom stereocenters. The summed E-state index contributed by atoms with van der Waals surface area (Å²) in [5.74, 6) is 2.11. The molecule has 0 aliphatic rings. The van der Waals surface area contributed by atoms with Crippen LogP contribution in [-0.2, 0) is 0 Å². The molecule has 0 heterocycles. The molecule has 0 aliphatic heterocycles.